The molecule has 0 aliphatic carbocycles. The molecule has 4 nitrogen and oxygen atoms in total. The van der Waals surface area contributed by atoms with E-state index in [0.717, 1.165) is 19.5 Å². The molecule has 1 amide bonds. The van der Waals surface area contributed by atoms with Crippen molar-refractivity contribution in [2.45, 2.75) is 27.2 Å². The van der Waals surface area contributed by atoms with Crippen molar-refractivity contribution in [2.24, 2.45) is 13.0 Å². The quantitative estimate of drug-likeness (QED) is 0.715. The summed E-state index contributed by atoms with van der Waals surface area (Å²) < 4.78 is 3.50. The second-order valence-corrected chi connectivity index (χ2v) is 4.32. The zero-order valence-corrected chi connectivity index (χ0v) is 10.7. The lowest BCUT2D eigenvalue weighted by Crippen LogP contribution is -2.38. The standard InChI is InChI=1S/C12H22N3O/c1-5-11(3)9-14(6-2)12(16)15-8-7-13(4)10-15/h7-8,10-11H,5-6,9H2,1-4H3/q+1. The van der Waals surface area contributed by atoms with Crippen LogP contribution in [0.3, 0.4) is 0 Å². The molecule has 1 aromatic rings. The van der Waals surface area contributed by atoms with Gasteiger partial charge in [0.05, 0.1) is 7.05 Å². The monoisotopic (exact) mass is 224 g/mol. The molecule has 1 atom stereocenters. The summed E-state index contributed by atoms with van der Waals surface area (Å²) in [7, 11) is 1.91. The van der Waals surface area contributed by atoms with Crippen molar-refractivity contribution in [1.82, 2.24) is 9.47 Å². The molecule has 90 valence electrons. The number of aromatic nitrogens is 2. The molecule has 0 aromatic carbocycles. The van der Waals surface area contributed by atoms with Crippen molar-refractivity contribution in [2.75, 3.05) is 13.1 Å². The Morgan fingerprint density at radius 3 is 2.62 bits per heavy atom. The fraction of sp³-hybridized carbons (Fsp3) is 0.667. The Hall–Kier alpha value is -1.32. The van der Waals surface area contributed by atoms with Gasteiger partial charge in [0, 0.05) is 13.1 Å². The molecule has 0 fully saturated rings. The van der Waals surface area contributed by atoms with Gasteiger partial charge in [0.1, 0.15) is 12.4 Å². The van der Waals surface area contributed by atoms with E-state index in [1.54, 1.807) is 17.1 Å². The predicted molar refractivity (Wildman–Crippen MR) is 63.1 cm³/mol. The van der Waals surface area contributed by atoms with Gasteiger partial charge in [-0.15, -0.1) is 0 Å². The van der Waals surface area contributed by atoms with Gasteiger partial charge in [0.25, 0.3) is 6.33 Å². The summed E-state index contributed by atoms with van der Waals surface area (Å²) in [6, 6.07) is 0.0587. The molecule has 0 aliphatic rings. The Morgan fingerprint density at radius 2 is 2.19 bits per heavy atom. The second-order valence-electron chi connectivity index (χ2n) is 4.32. The van der Waals surface area contributed by atoms with Gasteiger partial charge in [0.15, 0.2) is 0 Å². The van der Waals surface area contributed by atoms with Crippen LogP contribution in [0.5, 0.6) is 0 Å². The first-order chi connectivity index (χ1) is 7.58. The van der Waals surface area contributed by atoms with Gasteiger partial charge < -0.3 is 4.90 Å². The summed E-state index contributed by atoms with van der Waals surface area (Å²) in [6.45, 7) is 7.92. The Bertz CT molecular complexity index is 346. The summed E-state index contributed by atoms with van der Waals surface area (Å²) in [5.74, 6) is 0.549. The molecular formula is C12H22N3O+. The minimum Gasteiger partial charge on any atom is -0.304 e. The fourth-order valence-electron chi connectivity index (χ4n) is 1.57. The van der Waals surface area contributed by atoms with Crippen molar-refractivity contribution in [3.8, 4) is 0 Å². The predicted octanol–water partition coefficient (Wildman–Crippen LogP) is 1.65. The van der Waals surface area contributed by atoms with E-state index in [9.17, 15) is 4.79 Å². The summed E-state index contributed by atoms with van der Waals surface area (Å²) >= 11 is 0. The van der Waals surface area contributed by atoms with Crippen LogP contribution >= 0.6 is 0 Å². The number of aryl methyl sites for hydroxylation is 1. The third-order valence-corrected chi connectivity index (χ3v) is 2.87. The lowest BCUT2D eigenvalue weighted by atomic mass is 10.1. The van der Waals surface area contributed by atoms with E-state index in [0.29, 0.717) is 5.92 Å². The van der Waals surface area contributed by atoms with Crippen LogP contribution in [0.2, 0.25) is 0 Å². The van der Waals surface area contributed by atoms with Crippen molar-refractivity contribution in [1.29, 1.82) is 0 Å². The highest BCUT2D eigenvalue weighted by atomic mass is 16.2. The Morgan fingerprint density at radius 1 is 1.50 bits per heavy atom. The summed E-state index contributed by atoms with van der Waals surface area (Å²) in [5, 5.41) is 0. The molecule has 0 N–H and O–H groups in total. The Balaban J connectivity index is 2.69. The van der Waals surface area contributed by atoms with E-state index >= 15 is 0 Å². The maximum absolute atomic E-state index is 12.1. The normalized spacial score (nSPS) is 12.5. The van der Waals surface area contributed by atoms with E-state index in [-0.39, 0.29) is 6.03 Å². The minimum atomic E-state index is 0.0587. The molecule has 1 rings (SSSR count). The molecule has 0 saturated heterocycles. The number of carbonyl (C=O) groups excluding carboxylic acids is 1. The third-order valence-electron chi connectivity index (χ3n) is 2.87. The topological polar surface area (TPSA) is 29.1 Å². The number of amides is 1. The van der Waals surface area contributed by atoms with E-state index in [1.165, 1.54) is 0 Å². The summed E-state index contributed by atoms with van der Waals surface area (Å²) in [5.41, 5.74) is 0. The van der Waals surface area contributed by atoms with Gasteiger partial charge in [-0.3, -0.25) is 0 Å². The van der Waals surface area contributed by atoms with Crippen LogP contribution in [0.1, 0.15) is 27.2 Å². The minimum absolute atomic E-state index is 0.0587. The molecule has 16 heavy (non-hydrogen) atoms. The van der Waals surface area contributed by atoms with Gasteiger partial charge in [-0.05, 0) is 12.8 Å². The smallest absolute Gasteiger partial charge is 0.304 e. The number of nitrogens with zero attached hydrogens (tertiary/aromatic N) is 3. The van der Waals surface area contributed by atoms with Crippen molar-refractivity contribution < 1.29 is 9.36 Å². The van der Waals surface area contributed by atoms with Crippen LogP contribution in [0, 0.1) is 5.92 Å². The molecule has 0 aliphatic heterocycles. The maximum atomic E-state index is 12.1. The first-order valence-corrected chi connectivity index (χ1v) is 5.91. The molecule has 4 heteroatoms. The van der Waals surface area contributed by atoms with Crippen LogP contribution in [-0.2, 0) is 7.05 Å². The van der Waals surface area contributed by atoms with E-state index < -0.39 is 0 Å². The average Bonchev–Trinajstić information content (AvgIpc) is 2.71. The fourth-order valence-corrected chi connectivity index (χ4v) is 1.57. The largest absolute Gasteiger partial charge is 0.415 e. The van der Waals surface area contributed by atoms with Gasteiger partial charge in [-0.25, -0.2) is 9.36 Å². The van der Waals surface area contributed by atoms with Crippen LogP contribution in [0.25, 0.3) is 0 Å². The van der Waals surface area contributed by atoms with Crippen LogP contribution in [-0.4, -0.2) is 28.6 Å². The van der Waals surface area contributed by atoms with E-state index in [1.807, 2.05) is 29.6 Å². The van der Waals surface area contributed by atoms with Crippen molar-refractivity contribution >= 4 is 6.03 Å². The number of hydrogen-bond acceptors (Lipinski definition) is 1. The number of rotatable bonds is 4. The van der Waals surface area contributed by atoms with Crippen molar-refractivity contribution in [3.63, 3.8) is 0 Å². The highest BCUT2D eigenvalue weighted by molar-refractivity contribution is 5.76. The van der Waals surface area contributed by atoms with Crippen LogP contribution in [0.4, 0.5) is 4.79 Å². The highest BCUT2D eigenvalue weighted by Crippen LogP contribution is 2.05. The molecule has 1 unspecified atom stereocenters. The van der Waals surface area contributed by atoms with Crippen LogP contribution < -0.4 is 4.57 Å². The van der Waals surface area contributed by atoms with Gasteiger partial charge in [-0.1, -0.05) is 20.3 Å². The SMILES string of the molecule is CCC(C)CN(CC)C(=O)n1cc[n+](C)c1. The van der Waals surface area contributed by atoms with Crippen molar-refractivity contribution in [3.05, 3.63) is 18.7 Å². The molecule has 1 aromatic heterocycles. The number of hydrogen-bond donors (Lipinski definition) is 0. The molecule has 0 radical (unpaired) electrons. The lowest BCUT2D eigenvalue weighted by molar-refractivity contribution is -0.670. The molecule has 0 saturated carbocycles. The lowest BCUT2D eigenvalue weighted by Gasteiger charge is -2.21. The van der Waals surface area contributed by atoms with E-state index in [4.69, 9.17) is 0 Å². The molecular weight excluding hydrogens is 202 g/mol. The molecule has 0 bridgehead atoms. The third kappa shape index (κ3) is 3.08. The molecule has 0 spiro atoms. The second kappa shape index (κ2) is 5.68. The Labute approximate surface area is 97.5 Å². The zero-order chi connectivity index (χ0) is 12.1. The van der Waals surface area contributed by atoms with Crippen LogP contribution in [0.15, 0.2) is 18.7 Å². The van der Waals surface area contributed by atoms with Gasteiger partial charge in [0.2, 0.25) is 0 Å². The zero-order valence-electron chi connectivity index (χ0n) is 10.7. The number of carbonyl (C=O) groups is 1. The van der Waals surface area contributed by atoms with E-state index in [2.05, 4.69) is 13.8 Å². The Kier molecular flexibility index (Phi) is 4.52. The summed E-state index contributed by atoms with van der Waals surface area (Å²) in [6.07, 6.45) is 6.56. The highest BCUT2D eigenvalue weighted by Gasteiger charge is 2.20. The maximum Gasteiger partial charge on any atom is 0.415 e. The molecule has 1 heterocycles. The van der Waals surface area contributed by atoms with Gasteiger partial charge >= 0.3 is 6.03 Å². The first kappa shape index (κ1) is 12.7. The van der Waals surface area contributed by atoms with Gasteiger partial charge in [-0.2, -0.15) is 4.57 Å². The number of imidazole rings is 1. The first-order valence-electron chi connectivity index (χ1n) is 5.91. The summed E-state index contributed by atoms with van der Waals surface area (Å²) in [4.78, 5) is 14.0. The average molecular weight is 224 g/mol.